The van der Waals surface area contributed by atoms with Crippen LogP contribution in [0.1, 0.15) is 27.9 Å². The third-order valence-electron chi connectivity index (χ3n) is 7.54. The van der Waals surface area contributed by atoms with Gasteiger partial charge in [-0.05, 0) is 67.8 Å². The number of sulfonamides is 1. The SMILES string of the molecule is Cc1ccc(N(CCCc2ccccc2)S(=O)(=O)c2ccc(NC(=O)C(Sc3ccccc3[N+](=O)[O-])C(=O)c3ccccc3)cc2)cc1. The Morgan fingerprint density at radius 2 is 1.42 bits per heavy atom. The number of aryl methyl sites for hydroxylation is 2. The summed E-state index contributed by atoms with van der Waals surface area (Å²) in [6.45, 7) is 2.19. The predicted octanol–water partition coefficient (Wildman–Crippen LogP) is 7.71. The maximum atomic E-state index is 14.0. The maximum absolute atomic E-state index is 14.0. The summed E-state index contributed by atoms with van der Waals surface area (Å²) >= 11 is 0.784. The van der Waals surface area contributed by atoms with Crippen molar-refractivity contribution in [3.63, 3.8) is 0 Å². The van der Waals surface area contributed by atoms with Gasteiger partial charge in [-0.1, -0.05) is 102 Å². The van der Waals surface area contributed by atoms with E-state index in [1.807, 2.05) is 49.4 Å². The number of para-hydroxylation sites is 1. The zero-order valence-corrected chi connectivity index (χ0v) is 27.7. The summed E-state index contributed by atoms with van der Waals surface area (Å²) in [5, 5.41) is 13.0. The number of nitro groups is 1. The Hall–Kier alpha value is -5.26. The number of nitrogens with one attached hydrogen (secondary N) is 1. The molecule has 1 atom stereocenters. The molecule has 5 rings (SSSR count). The van der Waals surface area contributed by atoms with Gasteiger partial charge in [0.05, 0.1) is 20.4 Å². The molecule has 0 aromatic heterocycles. The monoisotopic (exact) mass is 679 g/mol. The number of thioether (sulfide) groups is 1. The van der Waals surface area contributed by atoms with Crippen LogP contribution in [0.4, 0.5) is 17.1 Å². The van der Waals surface area contributed by atoms with E-state index in [1.54, 1.807) is 48.5 Å². The number of nitrogens with zero attached hydrogens (tertiary/aromatic N) is 2. The second-order valence-electron chi connectivity index (χ2n) is 11.0. The molecule has 0 aliphatic rings. The number of carbonyl (C=O) groups excluding carboxylic acids is 2. The molecule has 0 heterocycles. The standard InChI is InChI=1S/C37H33N3O6S2/c1-27-18-22-31(23-19-27)39(26-10-13-28-11-4-2-5-12-28)48(45,46)32-24-20-30(21-25-32)38-37(42)36(35(41)29-14-6-3-7-15-29)47-34-17-9-8-16-33(34)40(43)44/h2-9,11-12,14-25,36H,10,13,26H2,1H3,(H,38,42). The summed E-state index contributed by atoms with van der Waals surface area (Å²) in [5.41, 5.74) is 2.97. The highest BCUT2D eigenvalue weighted by atomic mass is 32.2. The lowest BCUT2D eigenvalue weighted by Crippen LogP contribution is -2.33. The Bertz CT molecular complexity index is 1990. The lowest BCUT2D eigenvalue weighted by Gasteiger charge is -2.25. The van der Waals surface area contributed by atoms with Crippen LogP contribution in [-0.2, 0) is 21.2 Å². The first-order chi connectivity index (χ1) is 23.1. The average Bonchev–Trinajstić information content (AvgIpc) is 3.10. The van der Waals surface area contributed by atoms with Crippen LogP contribution in [0.3, 0.4) is 0 Å². The summed E-state index contributed by atoms with van der Waals surface area (Å²) < 4.78 is 29.3. The van der Waals surface area contributed by atoms with Crippen molar-refractivity contribution in [3.05, 3.63) is 160 Å². The number of hydrogen-bond donors (Lipinski definition) is 1. The molecule has 9 nitrogen and oxygen atoms in total. The lowest BCUT2D eigenvalue weighted by molar-refractivity contribution is -0.387. The Morgan fingerprint density at radius 3 is 2.06 bits per heavy atom. The number of Topliss-reactive ketones (excluding diaryl/α,β-unsaturated/α-hetero) is 1. The van der Waals surface area contributed by atoms with E-state index in [0.717, 1.165) is 22.9 Å². The quantitative estimate of drug-likeness (QED) is 0.0419. The van der Waals surface area contributed by atoms with E-state index in [9.17, 15) is 28.1 Å². The topological polar surface area (TPSA) is 127 Å². The predicted molar refractivity (Wildman–Crippen MR) is 189 cm³/mol. The molecule has 0 bridgehead atoms. The number of hydrogen-bond acceptors (Lipinski definition) is 7. The van der Waals surface area contributed by atoms with Crippen molar-refractivity contribution in [1.82, 2.24) is 0 Å². The third kappa shape index (κ3) is 8.36. The highest BCUT2D eigenvalue weighted by Crippen LogP contribution is 2.34. The van der Waals surface area contributed by atoms with Gasteiger partial charge in [0, 0.05) is 23.9 Å². The molecule has 5 aromatic rings. The van der Waals surface area contributed by atoms with Crippen molar-refractivity contribution < 1.29 is 22.9 Å². The van der Waals surface area contributed by atoms with E-state index in [1.165, 1.54) is 46.8 Å². The number of carbonyl (C=O) groups is 2. The highest BCUT2D eigenvalue weighted by molar-refractivity contribution is 8.01. The van der Waals surface area contributed by atoms with E-state index in [4.69, 9.17) is 0 Å². The number of nitro benzene ring substituents is 1. The van der Waals surface area contributed by atoms with Crippen LogP contribution in [0, 0.1) is 17.0 Å². The normalized spacial score (nSPS) is 11.8. The van der Waals surface area contributed by atoms with Crippen LogP contribution in [0.25, 0.3) is 0 Å². The Balaban J connectivity index is 1.37. The largest absolute Gasteiger partial charge is 0.325 e. The van der Waals surface area contributed by atoms with Crippen LogP contribution < -0.4 is 9.62 Å². The molecule has 5 aromatic carbocycles. The molecular weight excluding hydrogens is 647 g/mol. The molecule has 1 N–H and O–H groups in total. The molecular formula is C37H33N3O6S2. The van der Waals surface area contributed by atoms with E-state index in [-0.39, 0.29) is 33.3 Å². The smallest absolute Gasteiger partial charge is 0.282 e. The van der Waals surface area contributed by atoms with E-state index < -0.39 is 31.9 Å². The van der Waals surface area contributed by atoms with Crippen molar-refractivity contribution in [3.8, 4) is 0 Å². The van der Waals surface area contributed by atoms with Gasteiger partial charge in [0.1, 0.15) is 0 Å². The zero-order chi connectivity index (χ0) is 34.1. The molecule has 0 saturated heterocycles. The van der Waals surface area contributed by atoms with E-state index >= 15 is 0 Å². The van der Waals surface area contributed by atoms with E-state index in [2.05, 4.69) is 5.32 Å². The van der Waals surface area contributed by atoms with Crippen molar-refractivity contribution in [2.24, 2.45) is 0 Å². The molecule has 0 radical (unpaired) electrons. The van der Waals surface area contributed by atoms with Gasteiger partial charge < -0.3 is 5.32 Å². The zero-order valence-electron chi connectivity index (χ0n) is 26.1. The molecule has 0 aliphatic carbocycles. The van der Waals surface area contributed by atoms with Gasteiger partial charge in [0.25, 0.3) is 15.7 Å². The van der Waals surface area contributed by atoms with Gasteiger partial charge in [0.2, 0.25) is 5.91 Å². The fourth-order valence-electron chi connectivity index (χ4n) is 5.03. The first-order valence-electron chi connectivity index (χ1n) is 15.2. The third-order valence-corrected chi connectivity index (χ3v) is 10.6. The summed E-state index contributed by atoms with van der Waals surface area (Å²) in [6.07, 6.45) is 1.30. The average molecular weight is 680 g/mol. The molecule has 244 valence electrons. The second kappa shape index (κ2) is 15.6. The van der Waals surface area contributed by atoms with Crippen molar-refractivity contribution in [2.45, 2.75) is 34.8 Å². The van der Waals surface area contributed by atoms with Crippen LogP contribution in [0.15, 0.2) is 143 Å². The van der Waals surface area contributed by atoms with E-state index in [0.29, 0.717) is 18.5 Å². The molecule has 1 amide bonds. The van der Waals surface area contributed by atoms with Gasteiger partial charge in [-0.2, -0.15) is 0 Å². The minimum atomic E-state index is -3.99. The number of rotatable bonds is 14. The van der Waals surface area contributed by atoms with Crippen LogP contribution in [-0.4, -0.2) is 36.8 Å². The van der Waals surface area contributed by atoms with Crippen LogP contribution in [0.2, 0.25) is 0 Å². The van der Waals surface area contributed by atoms with Gasteiger partial charge >= 0.3 is 0 Å². The Labute approximate surface area is 283 Å². The van der Waals surface area contributed by atoms with Gasteiger partial charge in [-0.25, -0.2) is 8.42 Å². The first kappa shape index (κ1) is 34.1. The number of benzene rings is 5. The van der Waals surface area contributed by atoms with Crippen LogP contribution in [0.5, 0.6) is 0 Å². The summed E-state index contributed by atoms with van der Waals surface area (Å²) in [5.74, 6) is -1.23. The van der Waals surface area contributed by atoms with Gasteiger partial charge in [-0.3, -0.25) is 24.0 Å². The minimum absolute atomic E-state index is 0.0342. The minimum Gasteiger partial charge on any atom is -0.325 e. The molecule has 1 unspecified atom stereocenters. The second-order valence-corrected chi connectivity index (χ2v) is 14.0. The molecule has 0 saturated carbocycles. The number of ketones is 1. The van der Waals surface area contributed by atoms with Crippen molar-refractivity contribution in [2.75, 3.05) is 16.2 Å². The first-order valence-corrected chi connectivity index (χ1v) is 17.5. The Kier molecular flexibility index (Phi) is 11.0. The maximum Gasteiger partial charge on any atom is 0.282 e. The molecule has 0 fully saturated rings. The molecule has 11 heteroatoms. The van der Waals surface area contributed by atoms with Crippen molar-refractivity contribution >= 4 is 50.5 Å². The number of anilines is 2. The van der Waals surface area contributed by atoms with Crippen molar-refractivity contribution in [1.29, 1.82) is 0 Å². The summed E-state index contributed by atoms with van der Waals surface area (Å²) in [7, 11) is -3.99. The highest BCUT2D eigenvalue weighted by Gasteiger charge is 2.32. The van der Waals surface area contributed by atoms with Gasteiger partial charge in [0.15, 0.2) is 11.0 Å². The molecule has 48 heavy (non-hydrogen) atoms. The molecule has 0 aliphatic heterocycles. The lowest BCUT2D eigenvalue weighted by atomic mass is 10.1. The Morgan fingerprint density at radius 1 is 0.812 bits per heavy atom. The fraction of sp³-hybridized carbons (Fsp3) is 0.135. The number of amides is 1. The van der Waals surface area contributed by atoms with Gasteiger partial charge in [-0.15, -0.1) is 0 Å². The summed E-state index contributed by atoms with van der Waals surface area (Å²) in [4.78, 5) is 38.4. The molecule has 0 spiro atoms. The summed E-state index contributed by atoms with van der Waals surface area (Å²) in [6, 6.07) is 37.0. The van der Waals surface area contributed by atoms with Crippen LogP contribution >= 0.6 is 11.8 Å². The fourth-order valence-corrected chi connectivity index (χ4v) is 7.62.